The number of hydrogen-bond acceptors (Lipinski definition) is 5. The van der Waals surface area contributed by atoms with Crippen molar-refractivity contribution in [3.8, 4) is 11.8 Å². The molecule has 2 heterocycles. The molecule has 172 valence electrons. The van der Waals surface area contributed by atoms with E-state index in [1.807, 2.05) is 13.8 Å². The number of nitrogens with zero attached hydrogens (tertiary/aromatic N) is 3. The number of pyridine rings is 1. The first-order chi connectivity index (χ1) is 16.3. The van der Waals surface area contributed by atoms with Gasteiger partial charge in [-0.2, -0.15) is 5.26 Å². The number of nitrogens with two attached hydrogens (primary N) is 1. The first-order valence-electron chi connectivity index (χ1n) is 10.8. The second kappa shape index (κ2) is 9.32. The maximum absolute atomic E-state index is 13.6. The summed E-state index contributed by atoms with van der Waals surface area (Å²) < 4.78 is 19.5. The number of amides is 2. The minimum absolute atomic E-state index is 0.156. The third kappa shape index (κ3) is 4.08. The van der Waals surface area contributed by atoms with Crippen LogP contribution in [0.3, 0.4) is 0 Å². The smallest absolute Gasteiger partial charge is 0.263 e. The van der Waals surface area contributed by atoms with Crippen LogP contribution in [0.1, 0.15) is 54.1 Å². The van der Waals surface area contributed by atoms with Gasteiger partial charge in [0.1, 0.15) is 25.1 Å². The van der Waals surface area contributed by atoms with E-state index in [1.54, 1.807) is 36.5 Å². The zero-order valence-electron chi connectivity index (χ0n) is 18.9. The third-order valence-corrected chi connectivity index (χ3v) is 6.12. The maximum atomic E-state index is 13.6. The van der Waals surface area contributed by atoms with Crippen LogP contribution in [0.15, 0.2) is 42.6 Å². The van der Waals surface area contributed by atoms with Gasteiger partial charge < -0.3 is 10.5 Å². The summed E-state index contributed by atoms with van der Waals surface area (Å²) >= 11 is 0. The second-order valence-electron chi connectivity index (χ2n) is 8.12. The highest BCUT2D eigenvalue weighted by atomic mass is 19.1. The molecule has 2 aromatic carbocycles. The Kier molecular flexibility index (Phi) is 6.28. The van der Waals surface area contributed by atoms with Crippen LogP contribution in [-0.2, 0) is 13.1 Å². The molecule has 1 aliphatic heterocycles. The topological polar surface area (TPSA) is 109 Å². The van der Waals surface area contributed by atoms with E-state index in [4.69, 9.17) is 10.5 Å². The molecule has 34 heavy (non-hydrogen) atoms. The van der Waals surface area contributed by atoms with Gasteiger partial charge in [-0.05, 0) is 72.4 Å². The van der Waals surface area contributed by atoms with E-state index in [2.05, 4.69) is 11.1 Å². The number of hydrogen-bond donors (Lipinski definition) is 1. The van der Waals surface area contributed by atoms with Crippen molar-refractivity contribution in [2.75, 3.05) is 18.1 Å². The number of carbonyl (C=O) groups is 2. The monoisotopic (exact) mass is 458 g/mol. The molecule has 0 spiro atoms. The molecule has 0 bridgehead atoms. The van der Waals surface area contributed by atoms with Crippen LogP contribution in [-0.4, -0.2) is 29.9 Å². The van der Waals surface area contributed by atoms with Crippen LogP contribution >= 0.6 is 0 Å². The summed E-state index contributed by atoms with van der Waals surface area (Å²) in [6.45, 7) is 3.55. The largest absolute Gasteiger partial charge is 0.491 e. The molecule has 4 rings (SSSR count). The van der Waals surface area contributed by atoms with Crippen molar-refractivity contribution in [2.24, 2.45) is 5.73 Å². The molecule has 2 amide bonds. The van der Waals surface area contributed by atoms with E-state index in [-0.39, 0.29) is 30.2 Å². The lowest BCUT2D eigenvalue weighted by Gasteiger charge is -2.20. The van der Waals surface area contributed by atoms with Gasteiger partial charge in [0, 0.05) is 11.8 Å². The van der Waals surface area contributed by atoms with Gasteiger partial charge in [0.2, 0.25) is 5.91 Å². The summed E-state index contributed by atoms with van der Waals surface area (Å²) in [5, 5.41) is 9.47. The molecule has 0 saturated heterocycles. The predicted octanol–water partition coefficient (Wildman–Crippen LogP) is 3.77. The van der Waals surface area contributed by atoms with Crippen molar-refractivity contribution in [1.29, 1.82) is 5.26 Å². The molecule has 0 saturated carbocycles. The van der Waals surface area contributed by atoms with Gasteiger partial charge >= 0.3 is 0 Å². The Balaban J connectivity index is 1.76. The van der Waals surface area contributed by atoms with E-state index in [9.17, 15) is 19.2 Å². The number of carbonyl (C=O) groups excluding carboxylic acids is 2. The number of anilines is 1. The molecule has 1 aliphatic rings. The SMILES string of the molecule is Cc1c(Cc2ccc(C(N)=O)c(CF)c2)cc2c(c1C)OCCN(c1ncccc1C#N)C2=O. The van der Waals surface area contributed by atoms with Crippen LogP contribution in [0.25, 0.3) is 0 Å². The predicted molar refractivity (Wildman–Crippen MR) is 125 cm³/mol. The maximum Gasteiger partial charge on any atom is 0.263 e. The molecule has 0 fully saturated rings. The summed E-state index contributed by atoms with van der Waals surface area (Å²) in [6.07, 6.45) is 1.96. The van der Waals surface area contributed by atoms with Crippen LogP contribution < -0.4 is 15.4 Å². The Hall–Kier alpha value is -4.25. The highest BCUT2D eigenvalue weighted by Crippen LogP contribution is 2.34. The van der Waals surface area contributed by atoms with Gasteiger partial charge in [-0.3, -0.25) is 14.5 Å². The Morgan fingerprint density at radius 1 is 1.24 bits per heavy atom. The Bertz CT molecular complexity index is 1350. The first-order valence-corrected chi connectivity index (χ1v) is 10.8. The Morgan fingerprint density at radius 2 is 2.03 bits per heavy atom. The minimum atomic E-state index is -0.805. The third-order valence-electron chi connectivity index (χ3n) is 6.12. The summed E-state index contributed by atoms with van der Waals surface area (Å²) in [4.78, 5) is 30.9. The van der Waals surface area contributed by atoms with Gasteiger partial charge in [0.15, 0.2) is 5.82 Å². The van der Waals surface area contributed by atoms with Gasteiger partial charge in [0.25, 0.3) is 5.91 Å². The van der Waals surface area contributed by atoms with E-state index >= 15 is 0 Å². The van der Waals surface area contributed by atoms with Gasteiger partial charge in [-0.15, -0.1) is 0 Å². The summed E-state index contributed by atoms with van der Waals surface area (Å²) in [6, 6.07) is 12.0. The van der Waals surface area contributed by atoms with Crippen molar-refractivity contribution in [1.82, 2.24) is 4.98 Å². The molecule has 8 heteroatoms. The van der Waals surface area contributed by atoms with Gasteiger partial charge in [-0.25, -0.2) is 9.37 Å². The summed E-state index contributed by atoms with van der Waals surface area (Å²) in [5.74, 6) is -0.177. The molecule has 1 aromatic heterocycles. The van der Waals surface area contributed by atoms with Gasteiger partial charge in [0.05, 0.1) is 17.7 Å². The fourth-order valence-corrected chi connectivity index (χ4v) is 4.20. The van der Waals surface area contributed by atoms with Gasteiger partial charge in [-0.1, -0.05) is 12.1 Å². The van der Waals surface area contributed by atoms with Crippen molar-refractivity contribution < 1.29 is 18.7 Å². The molecule has 0 radical (unpaired) electrons. The van der Waals surface area contributed by atoms with E-state index in [0.29, 0.717) is 29.1 Å². The average molecular weight is 458 g/mol. The molecule has 7 nitrogen and oxygen atoms in total. The molecular weight excluding hydrogens is 435 g/mol. The fourth-order valence-electron chi connectivity index (χ4n) is 4.20. The molecule has 0 atom stereocenters. The van der Waals surface area contributed by atoms with Crippen molar-refractivity contribution >= 4 is 17.6 Å². The standard InChI is InChI=1S/C26H23FN4O3/c1-15-16(2)23-22(12-19(15)10-17-5-6-21(24(29)32)20(11-17)13-27)26(33)31(8-9-34-23)25-18(14-28)4-3-7-30-25/h3-7,11-12H,8-10,13H2,1-2H3,(H2,29,32). The number of alkyl halides is 1. The zero-order chi connectivity index (χ0) is 24.4. The number of benzene rings is 2. The molecule has 2 N–H and O–H groups in total. The quantitative estimate of drug-likeness (QED) is 0.626. The van der Waals surface area contributed by atoms with Crippen LogP contribution in [0.4, 0.5) is 10.2 Å². The second-order valence-corrected chi connectivity index (χ2v) is 8.12. The van der Waals surface area contributed by atoms with Crippen LogP contribution in [0, 0.1) is 25.2 Å². The van der Waals surface area contributed by atoms with E-state index in [1.165, 1.54) is 11.0 Å². The average Bonchev–Trinajstić information content (AvgIpc) is 3.00. The lowest BCUT2D eigenvalue weighted by molar-refractivity contribution is 0.0984. The highest BCUT2D eigenvalue weighted by Gasteiger charge is 2.29. The normalized spacial score (nSPS) is 13.0. The Labute approximate surface area is 196 Å². The first kappa shape index (κ1) is 22.9. The lowest BCUT2D eigenvalue weighted by atomic mass is 9.92. The molecule has 0 unspecified atom stereocenters. The summed E-state index contributed by atoms with van der Waals surface area (Å²) in [5.41, 5.74) is 9.86. The van der Waals surface area contributed by atoms with E-state index in [0.717, 1.165) is 22.3 Å². The van der Waals surface area contributed by atoms with E-state index < -0.39 is 12.6 Å². The van der Waals surface area contributed by atoms with Crippen LogP contribution in [0.2, 0.25) is 0 Å². The highest BCUT2D eigenvalue weighted by molar-refractivity contribution is 6.08. The number of aromatic nitrogens is 1. The zero-order valence-corrected chi connectivity index (χ0v) is 18.9. The molecule has 0 aliphatic carbocycles. The van der Waals surface area contributed by atoms with Crippen molar-refractivity contribution in [3.05, 3.63) is 87.1 Å². The number of fused-ring (bicyclic) bond motifs is 1. The number of nitriles is 1. The van der Waals surface area contributed by atoms with Crippen LogP contribution in [0.5, 0.6) is 5.75 Å². The minimum Gasteiger partial charge on any atom is -0.491 e. The molecular formula is C26H23FN4O3. The number of ether oxygens (including phenoxy) is 1. The lowest BCUT2D eigenvalue weighted by Crippen LogP contribution is -2.33. The van der Waals surface area contributed by atoms with Crippen molar-refractivity contribution in [3.63, 3.8) is 0 Å². The number of rotatable bonds is 5. The number of halogens is 1. The number of primary amides is 1. The van der Waals surface area contributed by atoms with Crippen molar-refractivity contribution in [2.45, 2.75) is 26.9 Å². The summed E-state index contributed by atoms with van der Waals surface area (Å²) in [7, 11) is 0. The fraction of sp³-hybridized carbons (Fsp3) is 0.231. The Morgan fingerprint density at radius 3 is 2.74 bits per heavy atom. The molecule has 3 aromatic rings.